The molecule has 0 aliphatic heterocycles. The highest BCUT2D eigenvalue weighted by Crippen LogP contribution is 1.98. The van der Waals surface area contributed by atoms with Crippen LogP contribution in [0.2, 0.25) is 0 Å². The normalized spacial score (nSPS) is 12.2. The first-order valence-corrected chi connectivity index (χ1v) is 5.11. The van der Waals surface area contributed by atoms with Gasteiger partial charge in [0.25, 0.3) is 0 Å². The molecule has 0 aliphatic carbocycles. The zero-order valence-electron chi connectivity index (χ0n) is 9.65. The molecule has 0 saturated carbocycles. The molecule has 76 valence electrons. The van der Waals surface area contributed by atoms with Gasteiger partial charge in [0.1, 0.15) is 0 Å². The molecule has 0 radical (unpaired) electrons. The van der Waals surface area contributed by atoms with Crippen LogP contribution in [0.3, 0.4) is 0 Å². The van der Waals surface area contributed by atoms with Gasteiger partial charge in [0.05, 0.1) is 0 Å². The first kappa shape index (κ1) is 14.4. The Kier molecular flexibility index (Phi) is 13.1. The molecule has 12 heavy (non-hydrogen) atoms. The quantitative estimate of drug-likeness (QED) is 0.685. The summed E-state index contributed by atoms with van der Waals surface area (Å²) >= 11 is 0. The van der Waals surface area contributed by atoms with Crippen LogP contribution in [0.4, 0.5) is 0 Å². The second-order valence-electron chi connectivity index (χ2n) is 2.69. The lowest BCUT2D eigenvalue weighted by Crippen LogP contribution is -2.38. The van der Waals surface area contributed by atoms with E-state index >= 15 is 0 Å². The zero-order chi connectivity index (χ0) is 9.98. The summed E-state index contributed by atoms with van der Waals surface area (Å²) in [4.78, 5) is 2.37. The maximum atomic E-state index is 3.19. The second-order valence-corrected chi connectivity index (χ2v) is 2.69. The minimum atomic E-state index is 0.704. The molecular formula is C10H26N2. The monoisotopic (exact) mass is 174 g/mol. The highest BCUT2D eigenvalue weighted by atomic mass is 15.1. The van der Waals surface area contributed by atoms with Gasteiger partial charge in [-0.2, -0.15) is 0 Å². The molecule has 2 nitrogen and oxygen atoms in total. The summed E-state index contributed by atoms with van der Waals surface area (Å²) in [6.07, 6.45) is 1.23. The molecule has 1 N–H and O–H groups in total. The van der Waals surface area contributed by atoms with Crippen LogP contribution in [0, 0.1) is 0 Å². The fourth-order valence-electron chi connectivity index (χ4n) is 1.11. The van der Waals surface area contributed by atoms with Gasteiger partial charge in [0.15, 0.2) is 0 Å². The fraction of sp³-hybridized carbons (Fsp3) is 1.00. The molecule has 1 atom stereocenters. The van der Waals surface area contributed by atoms with Crippen molar-refractivity contribution >= 4 is 0 Å². The Bertz CT molecular complexity index is 74.2. The molecule has 1 unspecified atom stereocenters. The van der Waals surface area contributed by atoms with Gasteiger partial charge in [-0.1, -0.05) is 27.7 Å². The Balaban J connectivity index is 0. The molecule has 2 heteroatoms. The van der Waals surface area contributed by atoms with Crippen molar-refractivity contribution in [2.45, 2.75) is 40.2 Å². The van der Waals surface area contributed by atoms with E-state index in [0.29, 0.717) is 6.04 Å². The number of rotatable bonds is 5. The molecule has 0 bridgehead atoms. The number of nitrogens with zero attached hydrogens (tertiary/aromatic N) is 1. The number of nitrogens with one attached hydrogen (secondary N) is 1. The average Bonchev–Trinajstić information content (AvgIpc) is 2.16. The smallest absolute Gasteiger partial charge is 0.0214 e. The third-order valence-corrected chi connectivity index (χ3v) is 2.03. The lowest BCUT2D eigenvalue weighted by atomic mass is 10.2. The highest BCUT2D eigenvalue weighted by molar-refractivity contribution is 4.67. The Morgan fingerprint density at radius 3 is 2.00 bits per heavy atom. The van der Waals surface area contributed by atoms with Crippen LogP contribution in [0.1, 0.15) is 34.1 Å². The van der Waals surface area contributed by atoms with Gasteiger partial charge in [-0.15, -0.1) is 0 Å². The van der Waals surface area contributed by atoms with Crippen molar-refractivity contribution in [2.75, 3.05) is 27.2 Å². The van der Waals surface area contributed by atoms with E-state index in [0.717, 1.165) is 13.1 Å². The van der Waals surface area contributed by atoms with Crippen molar-refractivity contribution in [3.8, 4) is 0 Å². The summed E-state index contributed by atoms with van der Waals surface area (Å²) in [5.74, 6) is 0. The maximum absolute atomic E-state index is 3.19. The molecule has 0 spiro atoms. The summed E-state index contributed by atoms with van der Waals surface area (Å²) in [6.45, 7) is 10.7. The fourth-order valence-corrected chi connectivity index (χ4v) is 1.11. The third-order valence-electron chi connectivity index (χ3n) is 2.03. The largest absolute Gasteiger partial charge is 0.318 e. The minimum absolute atomic E-state index is 0.704. The molecule has 0 aromatic heterocycles. The van der Waals surface area contributed by atoms with Gasteiger partial charge >= 0.3 is 0 Å². The molecule has 0 heterocycles. The predicted molar refractivity (Wildman–Crippen MR) is 57.7 cm³/mol. The van der Waals surface area contributed by atoms with Crippen molar-refractivity contribution in [3.63, 3.8) is 0 Å². The molecular weight excluding hydrogens is 148 g/mol. The summed E-state index contributed by atoms with van der Waals surface area (Å²) in [7, 11) is 4.18. The van der Waals surface area contributed by atoms with Gasteiger partial charge in [-0.05, 0) is 27.1 Å². The van der Waals surface area contributed by atoms with Crippen LogP contribution < -0.4 is 5.32 Å². The van der Waals surface area contributed by atoms with E-state index in [1.807, 2.05) is 20.9 Å². The van der Waals surface area contributed by atoms with Crippen molar-refractivity contribution < 1.29 is 0 Å². The first-order valence-electron chi connectivity index (χ1n) is 5.11. The standard InChI is InChI=1S/C8H20N2.C2H6/c1-5-8(7-9-3)10(4)6-2;1-2/h8-9H,5-7H2,1-4H3;1-2H3. The molecule has 0 fully saturated rings. The van der Waals surface area contributed by atoms with Gasteiger partial charge in [0, 0.05) is 12.6 Å². The highest BCUT2D eigenvalue weighted by Gasteiger charge is 2.07. The van der Waals surface area contributed by atoms with E-state index in [1.165, 1.54) is 6.42 Å². The average molecular weight is 174 g/mol. The van der Waals surface area contributed by atoms with Crippen LogP contribution in [0.15, 0.2) is 0 Å². The topological polar surface area (TPSA) is 15.3 Å². The van der Waals surface area contributed by atoms with Crippen molar-refractivity contribution in [3.05, 3.63) is 0 Å². The van der Waals surface area contributed by atoms with Crippen molar-refractivity contribution in [1.82, 2.24) is 10.2 Å². The molecule has 0 aromatic carbocycles. The molecule has 0 aliphatic rings. The van der Waals surface area contributed by atoms with Crippen molar-refractivity contribution in [1.29, 1.82) is 0 Å². The van der Waals surface area contributed by atoms with E-state index in [4.69, 9.17) is 0 Å². The zero-order valence-corrected chi connectivity index (χ0v) is 9.65. The van der Waals surface area contributed by atoms with Gasteiger partial charge in [-0.25, -0.2) is 0 Å². The van der Waals surface area contributed by atoms with Crippen LogP contribution in [-0.2, 0) is 0 Å². The predicted octanol–water partition coefficient (Wildman–Crippen LogP) is 1.96. The number of likely N-dealkylation sites (N-methyl/N-ethyl adjacent to an activating group) is 2. The first-order chi connectivity index (χ1) is 5.76. The molecule has 0 aromatic rings. The summed E-state index contributed by atoms with van der Waals surface area (Å²) in [5.41, 5.74) is 0. The lowest BCUT2D eigenvalue weighted by molar-refractivity contribution is 0.244. The SMILES string of the molecule is CC.CCC(CNC)N(C)CC. The minimum Gasteiger partial charge on any atom is -0.318 e. The lowest BCUT2D eigenvalue weighted by Gasteiger charge is -2.25. The summed E-state index contributed by atoms with van der Waals surface area (Å²) in [6, 6.07) is 0.704. The number of hydrogen-bond acceptors (Lipinski definition) is 2. The number of hydrogen-bond donors (Lipinski definition) is 1. The van der Waals surface area contributed by atoms with Gasteiger partial charge < -0.3 is 10.2 Å². The van der Waals surface area contributed by atoms with E-state index in [1.54, 1.807) is 0 Å². The van der Waals surface area contributed by atoms with E-state index < -0.39 is 0 Å². The maximum Gasteiger partial charge on any atom is 0.0214 e. The van der Waals surface area contributed by atoms with Crippen molar-refractivity contribution in [2.24, 2.45) is 0 Å². The van der Waals surface area contributed by atoms with Gasteiger partial charge in [-0.3, -0.25) is 0 Å². The van der Waals surface area contributed by atoms with Crippen LogP contribution in [0.5, 0.6) is 0 Å². The van der Waals surface area contributed by atoms with E-state index in [2.05, 4.69) is 31.1 Å². The van der Waals surface area contributed by atoms with Crippen LogP contribution in [0.25, 0.3) is 0 Å². The van der Waals surface area contributed by atoms with Crippen LogP contribution in [-0.4, -0.2) is 38.1 Å². The Hall–Kier alpha value is -0.0800. The van der Waals surface area contributed by atoms with E-state index in [9.17, 15) is 0 Å². The van der Waals surface area contributed by atoms with Gasteiger partial charge in [0.2, 0.25) is 0 Å². The Morgan fingerprint density at radius 1 is 1.25 bits per heavy atom. The second kappa shape index (κ2) is 10.9. The summed E-state index contributed by atoms with van der Waals surface area (Å²) < 4.78 is 0. The summed E-state index contributed by atoms with van der Waals surface area (Å²) in [5, 5.41) is 3.19. The Labute approximate surface area is 78.3 Å². The molecule has 0 rings (SSSR count). The Morgan fingerprint density at radius 2 is 1.75 bits per heavy atom. The van der Waals surface area contributed by atoms with Crippen LogP contribution >= 0.6 is 0 Å². The van der Waals surface area contributed by atoms with E-state index in [-0.39, 0.29) is 0 Å². The molecule has 0 saturated heterocycles. The molecule has 0 amide bonds. The third kappa shape index (κ3) is 6.62.